The summed E-state index contributed by atoms with van der Waals surface area (Å²) in [5.41, 5.74) is 0.332. The van der Waals surface area contributed by atoms with E-state index in [4.69, 9.17) is 11.6 Å². The summed E-state index contributed by atoms with van der Waals surface area (Å²) in [4.78, 5) is 3.92. The molecule has 0 saturated heterocycles. The van der Waals surface area contributed by atoms with Crippen molar-refractivity contribution in [2.45, 2.75) is 19.1 Å². The average Bonchev–Trinajstić information content (AvgIpc) is 2.75. The van der Waals surface area contributed by atoms with Gasteiger partial charge in [-0.3, -0.25) is 9.67 Å². The number of hydrogen-bond donors (Lipinski definition) is 1. The Morgan fingerprint density at radius 2 is 2.05 bits per heavy atom. The van der Waals surface area contributed by atoms with E-state index in [2.05, 4.69) is 15.4 Å². The van der Waals surface area contributed by atoms with Crippen LogP contribution in [0.5, 0.6) is 0 Å². The van der Waals surface area contributed by atoms with Crippen LogP contribution in [0.1, 0.15) is 29.9 Å². The Bertz CT molecular complexity index is 587. The van der Waals surface area contributed by atoms with Gasteiger partial charge in [-0.2, -0.15) is 18.3 Å². The van der Waals surface area contributed by atoms with Crippen molar-refractivity contribution in [1.82, 2.24) is 20.1 Å². The third kappa shape index (κ3) is 3.36. The number of halogens is 4. The van der Waals surface area contributed by atoms with Gasteiger partial charge >= 0.3 is 6.18 Å². The lowest BCUT2D eigenvalue weighted by molar-refractivity contribution is -0.137. The van der Waals surface area contributed by atoms with Crippen molar-refractivity contribution in [2.75, 3.05) is 6.54 Å². The zero-order chi connectivity index (χ0) is 15.6. The van der Waals surface area contributed by atoms with Gasteiger partial charge < -0.3 is 5.32 Å². The molecule has 4 nitrogen and oxygen atoms in total. The summed E-state index contributed by atoms with van der Waals surface area (Å²) in [5.74, 6) is 0. The number of alkyl halides is 3. The van der Waals surface area contributed by atoms with E-state index in [9.17, 15) is 13.2 Å². The van der Waals surface area contributed by atoms with Gasteiger partial charge in [0, 0.05) is 13.2 Å². The molecule has 0 spiro atoms. The van der Waals surface area contributed by atoms with Crippen molar-refractivity contribution in [1.29, 1.82) is 0 Å². The maximum absolute atomic E-state index is 12.6. The quantitative estimate of drug-likeness (QED) is 0.941. The van der Waals surface area contributed by atoms with E-state index in [1.54, 1.807) is 11.7 Å². The lowest BCUT2D eigenvalue weighted by Crippen LogP contribution is -2.25. The van der Waals surface area contributed by atoms with Crippen molar-refractivity contribution < 1.29 is 13.2 Å². The normalized spacial score (nSPS) is 13.4. The Morgan fingerprint density at radius 1 is 1.33 bits per heavy atom. The molecule has 114 valence electrons. The number of nitrogens with zero attached hydrogens (tertiary/aromatic N) is 3. The number of aryl methyl sites for hydroxylation is 1. The molecule has 0 aliphatic carbocycles. The molecular formula is C13H14ClF3N4. The van der Waals surface area contributed by atoms with Crippen LogP contribution in [0, 0.1) is 0 Å². The molecule has 2 aromatic rings. The van der Waals surface area contributed by atoms with Crippen LogP contribution < -0.4 is 5.32 Å². The second-order valence-electron chi connectivity index (χ2n) is 4.46. The Labute approximate surface area is 124 Å². The standard InChI is InChI=1S/C13H14ClF3N4/c1-3-18-11(12-9(14)7-20-21(12)2)10-5-4-8(6-19-10)13(15,16)17/h4-7,11,18H,3H2,1-2H3. The second kappa shape index (κ2) is 6.03. The average molecular weight is 319 g/mol. The van der Waals surface area contributed by atoms with Crippen LogP contribution in [-0.4, -0.2) is 21.3 Å². The molecule has 1 N–H and O–H groups in total. The topological polar surface area (TPSA) is 42.7 Å². The van der Waals surface area contributed by atoms with Gasteiger partial charge in [-0.05, 0) is 18.7 Å². The van der Waals surface area contributed by atoms with Crippen LogP contribution in [0.15, 0.2) is 24.5 Å². The van der Waals surface area contributed by atoms with E-state index in [1.165, 1.54) is 12.3 Å². The number of hydrogen-bond acceptors (Lipinski definition) is 3. The molecule has 2 aromatic heterocycles. The van der Waals surface area contributed by atoms with Gasteiger partial charge in [0.1, 0.15) is 0 Å². The van der Waals surface area contributed by atoms with Crippen molar-refractivity contribution >= 4 is 11.6 Å². The lowest BCUT2D eigenvalue weighted by atomic mass is 10.1. The molecule has 0 bridgehead atoms. The first-order chi connectivity index (χ1) is 9.84. The van der Waals surface area contributed by atoms with E-state index in [1.807, 2.05) is 6.92 Å². The highest BCUT2D eigenvalue weighted by Gasteiger charge is 2.31. The minimum absolute atomic E-state index is 0.419. The van der Waals surface area contributed by atoms with Crippen molar-refractivity contribution in [3.05, 3.63) is 46.5 Å². The Hall–Kier alpha value is -1.60. The van der Waals surface area contributed by atoms with Gasteiger partial charge in [0.15, 0.2) is 0 Å². The third-order valence-corrected chi connectivity index (χ3v) is 3.32. The van der Waals surface area contributed by atoms with Crippen LogP contribution in [0.4, 0.5) is 13.2 Å². The van der Waals surface area contributed by atoms with Crippen LogP contribution in [-0.2, 0) is 13.2 Å². The van der Waals surface area contributed by atoms with E-state index in [0.29, 0.717) is 23.0 Å². The van der Waals surface area contributed by atoms with Gasteiger partial charge in [0.25, 0.3) is 0 Å². The summed E-state index contributed by atoms with van der Waals surface area (Å²) in [5, 5.41) is 7.63. The number of nitrogens with one attached hydrogen (secondary N) is 1. The Balaban J connectivity index is 2.40. The Morgan fingerprint density at radius 3 is 2.48 bits per heavy atom. The zero-order valence-electron chi connectivity index (χ0n) is 11.4. The lowest BCUT2D eigenvalue weighted by Gasteiger charge is -2.19. The monoisotopic (exact) mass is 318 g/mol. The summed E-state index contributed by atoms with van der Waals surface area (Å²) >= 11 is 6.10. The number of rotatable bonds is 4. The van der Waals surface area contributed by atoms with Crippen molar-refractivity contribution in [3.8, 4) is 0 Å². The largest absolute Gasteiger partial charge is 0.417 e. The number of pyridine rings is 1. The van der Waals surface area contributed by atoms with E-state index in [0.717, 1.165) is 12.3 Å². The van der Waals surface area contributed by atoms with E-state index >= 15 is 0 Å². The number of aromatic nitrogens is 3. The first-order valence-electron chi connectivity index (χ1n) is 6.28. The molecule has 0 aliphatic heterocycles. The predicted molar refractivity (Wildman–Crippen MR) is 73.0 cm³/mol. The molecule has 0 aromatic carbocycles. The smallest absolute Gasteiger partial charge is 0.304 e. The van der Waals surface area contributed by atoms with Crippen LogP contribution in [0.25, 0.3) is 0 Å². The minimum atomic E-state index is -4.40. The van der Waals surface area contributed by atoms with Crippen LogP contribution in [0.3, 0.4) is 0 Å². The molecule has 8 heteroatoms. The summed E-state index contributed by atoms with van der Waals surface area (Å²) < 4.78 is 39.3. The van der Waals surface area contributed by atoms with E-state index in [-0.39, 0.29) is 0 Å². The zero-order valence-corrected chi connectivity index (χ0v) is 12.2. The summed E-state index contributed by atoms with van der Waals surface area (Å²) in [6, 6.07) is 1.94. The molecule has 0 amide bonds. The molecule has 1 unspecified atom stereocenters. The third-order valence-electron chi connectivity index (χ3n) is 3.03. The Kier molecular flexibility index (Phi) is 4.53. The van der Waals surface area contributed by atoms with Gasteiger partial charge in [0.05, 0.1) is 34.2 Å². The molecule has 0 radical (unpaired) electrons. The second-order valence-corrected chi connectivity index (χ2v) is 4.87. The highest BCUT2D eigenvalue weighted by atomic mass is 35.5. The fourth-order valence-electron chi connectivity index (χ4n) is 2.03. The summed E-state index contributed by atoms with van der Waals surface area (Å²) in [6.07, 6.45) is -2.08. The van der Waals surface area contributed by atoms with Crippen molar-refractivity contribution in [2.24, 2.45) is 7.05 Å². The predicted octanol–water partition coefficient (Wildman–Crippen LogP) is 3.19. The molecular weight excluding hydrogens is 305 g/mol. The SMILES string of the molecule is CCNC(c1ccc(C(F)(F)F)cn1)c1c(Cl)cnn1C. The minimum Gasteiger partial charge on any atom is -0.304 e. The van der Waals surface area contributed by atoms with Gasteiger partial charge in [-0.15, -0.1) is 0 Å². The van der Waals surface area contributed by atoms with Gasteiger partial charge in [-0.1, -0.05) is 18.5 Å². The van der Waals surface area contributed by atoms with Gasteiger partial charge in [-0.25, -0.2) is 0 Å². The highest BCUT2D eigenvalue weighted by Crippen LogP contribution is 2.31. The molecule has 2 rings (SSSR count). The van der Waals surface area contributed by atoms with Crippen LogP contribution >= 0.6 is 11.6 Å². The molecule has 21 heavy (non-hydrogen) atoms. The van der Waals surface area contributed by atoms with E-state index < -0.39 is 17.8 Å². The first kappa shape index (κ1) is 15.8. The molecule has 0 saturated carbocycles. The highest BCUT2D eigenvalue weighted by molar-refractivity contribution is 6.31. The summed E-state index contributed by atoms with van der Waals surface area (Å²) in [7, 11) is 1.72. The van der Waals surface area contributed by atoms with Gasteiger partial charge in [0.2, 0.25) is 0 Å². The fourth-order valence-corrected chi connectivity index (χ4v) is 2.31. The molecule has 0 aliphatic rings. The van der Waals surface area contributed by atoms with Crippen molar-refractivity contribution in [3.63, 3.8) is 0 Å². The molecule has 2 heterocycles. The summed E-state index contributed by atoms with van der Waals surface area (Å²) in [6.45, 7) is 2.50. The molecule has 1 atom stereocenters. The first-order valence-corrected chi connectivity index (χ1v) is 6.66. The van der Waals surface area contributed by atoms with Crippen LogP contribution in [0.2, 0.25) is 5.02 Å². The maximum atomic E-state index is 12.6. The maximum Gasteiger partial charge on any atom is 0.417 e. The molecule has 0 fully saturated rings. The fraction of sp³-hybridized carbons (Fsp3) is 0.385.